The number of nitriles is 1. The van der Waals surface area contributed by atoms with Crippen molar-refractivity contribution < 1.29 is 23.7 Å². The molecule has 200 valence electrons. The highest BCUT2D eigenvalue weighted by Crippen LogP contribution is 2.43. The van der Waals surface area contributed by atoms with Gasteiger partial charge < -0.3 is 24.7 Å². The Balaban J connectivity index is 1.35. The van der Waals surface area contributed by atoms with Gasteiger partial charge in [0.25, 0.3) is 0 Å². The molecule has 0 amide bonds. The third-order valence-electron chi connectivity index (χ3n) is 6.37. The van der Waals surface area contributed by atoms with Crippen LogP contribution in [0.5, 0.6) is 23.0 Å². The normalized spacial score (nSPS) is 14.0. The minimum absolute atomic E-state index is 0.00552. The number of carbonyl (C=O) groups excluding carboxylic acids is 1. The van der Waals surface area contributed by atoms with Crippen molar-refractivity contribution in [3.05, 3.63) is 130 Å². The van der Waals surface area contributed by atoms with Crippen LogP contribution in [0.15, 0.2) is 102 Å². The molecule has 7 nitrogen and oxygen atoms in total. The number of carbonyl (C=O) groups is 1. The zero-order valence-electron chi connectivity index (χ0n) is 21.6. The molecule has 4 aromatic carbocycles. The summed E-state index contributed by atoms with van der Waals surface area (Å²) in [6.45, 7) is 2.75. The summed E-state index contributed by atoms with van der Waals surface area (Å²) in [7, 11) is 0. The highest BCUT2D eigenvalue weighted by atomic mass is 35.5. The summed E-state index contributed by atoms with van der Waals surface area (Å²) in [6, 6.07) is 28.8. The van der Waals surface area contributed by atoms with Gasteiger partial charge in [-0.1, -0.05) is 48.0 Å². The van der Waals surface area contributed by atoms with Gasteiger partial charge in [-0.2, -0.15) is 5.26 Å². The van der Waals surface area contributed by atoms with E-state index in [4.69, 9.17) is 36.3 Å². The molecular formula is C32H25ClN2O5. The first-order chi connectivity index (χ1) is 19.5. The highest BCUT2D eigenvalue weighted by molar-refractivity contribution is 6.31. The average Bonchev–Trinajstić information content (AvgIpc) is 2.97. The Morgan fingerprint density at radius 3 is 2.33 bits per heavy atom. The topological polar surface area (TPSA) is 104 Å². The summed E-state index contributed by atoms with van der Waals surface area (Å²) >= 11 is 6.23. The molecule has 1 atom stereocenters. The van der Waals surface area contributed by atoms with Gasteiger partial charge in [-0.25, -0.2) is 4.79 Å². The number of nitrogens with zero attached hydrogens (tertiary/aromatic N) is 1. The van der Waals surface area contributed by atoms with Crippen LogP contribution in [0, 0.1) is 11.3 Å². The fourth-order valence-corrected chi connectivity index (χ4v) is 4.59. The molecule has 0 fully saturated rings. The van der Waals surface area contributed by atoms with Crippen LogP contribution in [0.3, 0.4) is 0 Å². The molecule has 0 saturated carbocycles. The van der Waals surface area contributed by atoms with Crippen molar-refractivity contribution in [1.82, 2.24) is 0 Å². The molecule has 0 bridgehead atoms. The summed E-state index contributed by atoms with van der Waals surface area (Å²) in [5.74, 6) is 1.01. The summed E-state index contributed by atoms with van der Waals surface area (Å²) in [6.07, 6.45) is 0. The van der Waals surface area contributed by atoms with E-state index in [1.165, 1.54) is 0 Å². The van der Waals surface area contributed by atoms with E-state index in [2.05, 4.69) is 6.07 Å². The third kappa shape index (κ3) is 5.73. The Hall–Kier alpha value is -4.93. The van der Waals surface area contributed by atoms with Gasteiger partial charge in [-0.3, -0.25) is 0 Å². The second-order valence-electron chi connectivity index (χ2n) is 8.92. The molecule has 1 heterocycles. The lowest BCUT2D eigenvalue weighted by Gasteiger charge is -2.26. The molecule has 0 radical (unpaired) electrons. The number of rotatable bonds is 8. The number of ether oxygens (including phenoxy) is 4. The summed E-state index contributed by atoms with van der Waals surface area (Å²) in [4.78, 5) is 12.7. The van der Waals surface area contributed by atoms with Crippen molar-refractivity contribution in [2.75, 3.05) is 6.61 Å². The lowest BCUT2D eigenvalue weighted by molar-refractivity contribution is 0.0734. The smallest absolute Gasteiger partial charge is 0.343 e. The van der Waals surface area contributed by atoms with Crippen molar-refractivity contribution >= 4 is 17.6 Å². The van der Waals surface area contributed by atoms with E-state index >= 15 is 0 Å². The van der Waals surface area contributed by atoms with Gasteiger partial charge >= 0.3 is 5.97 Å². The van der Waals surface area contributed by atoms with Gasteiger partial charge in [0.15, 0.2) is 0 Å². The van der Waals surface area contributed by atoms with Crippen molar-refractivity contribution in [1.29, 1.82) is 5.26 Å². The van der Waals surface area contributed by atoms with Crippen molar-refractivity contribution in [3.63, 3.8) is 0 Å². The van der Waals surface area contributed by atoms with Crippen molar-refractivity contribution in [3.8, 4) is 29.1 Å². The molecule has 1 unspecified atom stereocenters. The Morgan fingerprint density at radius 1 is 0.950 bits per heavy atom. The molecule has 0 spiro atoms. The molecule has 0 aliphatic carbocycles. The van der Waals surface area contributed by atoms with E-state index in [0.29, 0.717) is 41.0 Å². The molecule has 40 heavy (non-hydrogen) atoms. The standard InChI is InChI=1S/C32H25ClN2O5/c1-2-37-23-13-9-21(10-14-23)32(36)39-25-15-16-26-29(17-25)40-31(35)27(18-34)30(26)20-7-11-24(12-8-20)38-19-22-5-3-4-6-28(22)33/h3-17,30H,2,19,35H2,1H3. The Kier molecular flexibility index (Phi) is 7.90. The number of halogens is 1. The molecule has 0 saturated heterocycles. The minimum atomic E-state index is -0.524. The van der Waals surface area contributed by atoms with E-state index in [1.807, 2.05) is 55.5 Å². The minimum Gasteiger partial charge on any atom is -0.494 e. The zero-order chi connectivity index (χ0) is 28.1. The van der Waals surface area contributed by atoms with Gasteiger partial charge in [0, 0.05) is 22.2 Å². The van der Waals surface area contributed by atoms with Crippen LogP contribution >= 0.6 is 11.6 Å². The van der Waals surface area contributed by atoms with Gasteiger partial charge in [0.05, 0.1) is 18.1 Å². The molecule has 4 aromatic rings. The van der Waals surface area contributed by atoms with Crippen LogP contribution < -0.4 is 24.7 Å². The lowest BCUT2D eigenvalue weighted by atomic mass is 9.83. The fourth-order valence-electron chi connectivity index (χ4n) is 4.40. The Bertz CT molecular complexity index is 1610. The van der Waals surface area contributed by atoms with Crippen molar-refractivity contribution in [2.45, 2.75) is 19.4 Å². The largest absolute Gasteiger partial charge is 0.494 e. The van der Waals surface area contributed by atoms with Gasteiger partial charge in [0.2, 0.25) is 5.88 Å². The number of hydrogen-bond donors (Lipinski definition) is 1. The second-order valence-corrected chi connectivity index (χ2v) is 9.33. The molecule has 2 N–H and O–H groups in total. The van der Waals surface area contributed by atoms with Gasteiger partial charge in [0.1, 0.15) is 41.2 Å². The number of benzene rings is 4. The van der Waals surface area contributed by atoms with Gasteiger partial charge in [-0.05, 0) is 61.0 Å². The molecule has 1 aliphatic heterocycles. The predicted octanol–water partition coefficient (Wildman–Crippen LogP) is 6.76. The molecule has 5 rings (SSSR count). The zero-order valence-corrected chi connectivity index (χ0v) is 22.4. The summed E-state index contributed by atoms with van der Waals surface area (Å²) in [5.41, 5.74) is 9.24. The molecule has 0 aromatic heterocycles. The maximum absolute atomic E-state index is 12.7. The van der Waals surface area contributed by atoms with E-state index in [9.17, 15) is 10.1 Å². The van der Waals surface area contributed by atoms with Crippen LogP contribution in [0.4, 0.5) is 0 Å². The SMILES string of the molecule is CCOc1ccc(C(=O)Oc2ccc3c(c2)OC(N)=C(C#N)C3c2ccc(OCc3ccccc3Cl)cc2)cc1. The highest BCUT2D eigenvalue weighted by Gasteiger charge is 2.31. The number of fused-ring (bicyclic) bond motifs is 1. The summed E-state index contributed by atoms with van der Waals surface area (Å²) < 4.78 is 22.7. The van der Waals surface area contributed by atoms with Crippen LogP contribution in [0.25, 0.3) is 0 Å². The summed E-state index contributed by atoms with van der Waals surface area (Å²) in [5, 5.41) is 10.5. The fraction of sp³-hybridized carbons (Fsp3) is 0.125. The first-order valence-electron chi connectivity index (χ1n) is 12.6. The first-order valence-corrected chi connectivity index (χ1v) is 13.0. The average molecular weight is 553 g/mol. The van der Waals surface area contributed by atoms with Crippen molar-refractivity contribution in [2.24, 2.45) is 5.73 Å². The maximum atomic E-state index is 12.7. The third-order valence-corrected chi connectivity index (χ3v) is 6.74. The number of hydrogen-bond acceptors (Lipinski definition) is 7. The number of esters is 1. The molecule has 8 heteroatoms. The van der Waals surface area contributed by atoms with Crippen LogP contribution in [0.2, 0.25) is 5.02 Å². The second kappa shape index (κ2) is 11.9. The molecular weight excluding hydrogens is 528 g/mol. The van der Waals surface area contributed by atoms with E-state index in [0.717, 1.165) is 16.7 Å². The quantitative estimate of drug-likeness (QED) is 0.190. The van der Waals surface area contributed by atoms with Crippen LogP contribution in [-0.2, 0) is 6.61 Å². The Morgan fingerprint density at radius 2 is 1.62 bits per heavy atom. The Labute approximate surface area is 236 Å². The van der Waals surface area contributed by atoms with Gasteiger partial charge in [-0.15, -0.1) is 0 Å². The molecule has 1 aliphatic rings. The van der Waals surface area contributed by atoms with E-state index in [-0.39, 0.29) is 17.2 Å². The number of nitrogens with two attached hydrogens (primary N) is 1. The lowest BCUT2D eigenvalue weighted by Crippen LogP contribution is -2.21. The first kappa shape index (κ1) is 26.7. The monoisotopic (exact) mass is 552 g/mol. The number of allylic oxidation sites excluding steroid dienone is 1. The van der Waals surface area contributed by atoms with E-state index in [1.54, 1.807) is 42.5 Å². The van der Waals surface area contributed by atoms with Crippen LogP contribution in [0.1, 0.15) is 39.9 Å². The predicted molar refractivity (Wildman–Crippen MR) is 151 cm³/mol. The van der Waals surface area contributed by atoms with E-state index < -0.39 is 11.9 Å². The maximum Gasteiger partial charge on any atom is 0.343 e. The van der Waals surface area contributed by atoms with Crippen LogP contribution in [-0.4, -0.2) is 12.6 Å².